The van der Waals surface area contributed by atoms with Crippen LogP contribution in [0.4, 0.5) is 0 Å². The lowest BCUT2D eigenvalue weighted by molar-refractivity contribution is 0.0794. The predicted octanol–water partition coefficient (Wildman–Crippen LogP) is 1.75. The van der Waals surface area contributed by atoms with Crippen LogP contribution in [-0.2, 0) is 4.74 Å². The van der Waals surface area contributed by atoms with E-state index in [0.717, 1.165) is 32.6 Å². The van der Waals surface area contributed by atoms with E-state index in [1.54, 1.807) is 0 Å². The third-order valence-electron chi connectivity index (χ3n) is 4.08. The van der Waals surface area contributed by atoms with Crippen molar-refractivity contribution in [3.8, 4) is 0 Å². The number of nitrogens with two attached hydrogens (primary N) is 1. The number of guanidine groups is 1. The van der Waals surface area contributed by atoms with Crippen LogP contribution in [0, 0.1) is 0 Å². The fraction of sp³-hybridized carbons (Fsp3) is 0.923. The summed E-state index contributed by atoms with van der Waals surface area (Å²) in [7, 11) is 0. The molecule has 0 atom stereocenters. The quantitative estimate of drug-likeness (QED) is 0.604. The molecule has 1 saturated heterocycles. The van der Waals surface area contributed by atoms with Crippen molar-refractivity contribution < 1.29 is 4.74 Å². The lowest BCUT2D eigenvalue weighted by Gasteiger charge is -2.34. The molecule has 1 aliphatic carbocycles. The van der Waals surface area contributed by atoms with Gasteiger partial charge in [-0.15, -0.1) is 0 Å². The maximum Gasteiger partial charge on any atom is 0.188 e. The molecule has 104 valence electrons. The highest BCUT2D eigenvalue weighted by Crippen LogP contribution is 2.33. The lowest BCUT2D eigenvalue weighted by Crippen LogP contribution is -2.41. The summed E-state index contributed by atoms with van der Waals surface area (Å²) in [6.07, 6.45) is 9.42. The van der Waals surface area contributed by atoms with E-state index in [1.807, 2.05) is 11.8 Å². The van der Waals surface area contributed by atoms with Crippen LogP contribution in [-0.4, -0.2) is 42.8 Å². The topological polar surface area (TPSA) is 59.6 Å². The first-order chi connectivity index (χ1) is 8.74. The van der Waals surface area contributed by atoms with Gasteiger partial charge in [-0.05, 0) is 31.9 Å². The molecule has 2 aliphatic rings. The Kier molecular flexibility index (Phi) is 5.18. The lowest BCUT2D eigenvalue weighted by atomic mass is 9.99. The molecule has 18 heavy (non-hydrogen) atoms. The van der Waals surface area contributed by atoms with E-state index in [0.29, 0.717) is 12.0 Å². The molecule has 4 nitrogen and oxygen atoms in total. The van der Waals surface area contributed by atoms with Gasteiger partial charge >= 0.3 is 0 Å². The fourth-order valence-corrected chi connectivity index (χ4v) is 3.49. The van der Waals surface area contributed by atoms with Gasteiger partial charge < -0.3 is 15.8 Å². The molecule has 0 aromatic heterocycles. The van der Waals surface area contributed by atoms with Crippen LogP contribution in [0.15, 0.2) is 4.99 Å². The van der Waals surface area contributed by atoms with Crippen LogP contribution >= 0.6 is 11.8 Å². The predicted molar refractivity (Wildman–Crippen MR) is 78.2 cm³/mol. The first-order valence-corrected chi connectivity index (χ1v) is 8.16. The monoisotopic (exact) mass is 271 g/mol. The molecular weight excluding hydrogens is 246 g/mol. The van der Waals surface area contributed by atoms with E-state index in [2.05, 4.69) is 16.6 Å². The summed E-state index contributed by atoms with van der Waals surface area (Å²) in [5.41, 5.74) is 5.98. The summed E-state index contributed by atoms with van der Waals surface area (Å²) in [5, 5.41) is 3.35. The van der Waals surface area contributed by atoms with Crippen molar-refractivity contribution in [1.29, 1.82) is 0 Å². The van der Waals surface area contributed by atoms with Gasteiger partial charge in [0.15, 0.2) is 5.96 Å². The number of nitrogens with one attached hydrogen (secondary N) is 1. The normalized spacial score (nSPS) is 25.3. The molecule has 0 radical (unpaired) electrons. The van der Waals surface area contributed by atoms with Crippen molar-refractivity contribution in [3.63, 3.8) is 0 Å². The van der Waals surface area contributed by atoms with E-state index in [1.165, 1.54) is 25.7 Å². The zero-order valence-corrected chi connectivity index (χ0v) is 12.1. The molecule has 1 aliphatic heterocycles. The molecule has 0 bridgehead atoms. The number of ether oxygens (including phenoxy) is 1. The number of aliphatic imine (C=N–C) groups is 1. The highest BCUT2D eigenvalue weighted by Gasteiger charge is 2.31. The van der Waals surface area contributed by atoms with Gasteiger partial charge in [-0.3, -0.25) is 4.99 Å². The van der Waals surface area contributed by atoms with E-state index in [-0.39, 0.29) is 4.75 Å². The Morgan fingerprint density at radius 3 is 2.67 bits per heavy atom. The Hall–Kier alpha value is -0.420. The van der Waals surface area contributed by atoms with Gasteiger partial charge in [0.05, 0.1) is 6.54 Å². The third-order valence-corrected chi connectivity index (χ3v) is 5.49. The van der Waals surface area contributed by atoms with Crippen LogP contribution in [0.2, 0.25) is 0 Å². The van der Waals surface area contributed by atoms with Crippen LogP contribution in [0.1, 0.15) is 38.5 Å². The molecule has 0 spiro atoms. The summed E-state index contributed by atoms with van der Waals surface area (Å²) >= 11 is 1.91. The SMILES string of the molecule is CSC1(CN=C(N)NC2CCCC2)CCOCC1. The maximum atomic E-state index is 5.98. The Bertz CT molecular complexity index is 284. The number of nitrogens with zero attached hydrogens (tertiary/aromatic N) is 1. The van der Waals surface area contributed by atoms with Crippen molar-refractivity contribution >= 4 is 17.7 Å². The Morgan fingerprint density at radius 1 is 1.39 bits per heavy atom. The standard InChI is InChI=1S/C13H25N3OS/c1-18-13(6-8-17-9-7-13)10-15-12(14)16-11-4-2-3-5-11/h11H,2-10H2,1H3,(H3,14,15,16). The first-order valence-electron chi connectivity index (χ1n) is 6.93. The molecule has 5 heteroatoms. The second-order valence-corrected chi connectivity index (χ2v) is 6.60. The number of rotatable bonds is 4. The van der Waals surface area contributed by atoms with Gasteiger partial charge in [0.1, 0.15) is 0 Å². The zero-order valence-electron chi connectivity index (χ0n) is 11.3. The highest BCUT2D eigenvalue weighted by molar-refractivity contribution is 8.00. The van der Waals surface area contributed by atoms with Gasteiger partial charge in [-0.1, -0.05) is 12.8 Å². The third kappa shape index (κ3) is 3.79. The smallest absolute Gasteiger partial charge is 0.188 e. The summed E-state index contributed by atoms with van der Waals surface area (Å²) in [6.45, 7) is 2.52. The van der Waals surface area contributed by atoms with Crippen molar-refractivity contribution in [2.24, 2.45) is 10.7 Å². The number of hydrogen-bond donors (Lipinski definition) is 2. The fourth-order valence-electron chi connectivity index (χ4n) is 2.72. The van der Waals surface area contributed by atoms with E-state index in [9.17, 15) is 0 Å². The van der Waals surface area contributed by atoms with Gasteiger partial charge in [0, 0.05) is 24.0 Å². The minimum absolute atomic E-state index is 0.236. The summed E-state index contributed by atoms with van der Waals surface area (Å²) in [5.74, 6) is 0.627. The molecule has 3 N–H and O–H groups in total. The van der Waals surface area contributed by atoms with E-state index < -0.39 is 0 Å². The largest absolute Gasteiger partial charge is 0.381 e. The Balaban J connectivity index is 1.83. The second-order valence-electron chi connectivity index (χ2n) is 5.33. The van der Waals surface area contributed by atoms with Crippen LogP contribution < -0.4 is 11.1 Å². The maximum absolute atomic E-state index is 5.98. The summed E-state index contributed by atoms with van der Waals surface area (Å²) in [4.78, 5) is 4.56. The van der Waals surface area contributed by atoms with Gasteiger partial charge in [-0.25, -0.2) is 0 Å². The van der Waals surface area contributed by atoms with E-state index >= 15 is 0 Å². The van der Waals surface area contributed by atoms with Crippen LogP contribution in [0.3, 0.4) is 0 Å². The van der Waals surface area contributed by atoms with Gasteiger partial charge in [0.25, 0.3) is 0 Å². The van der Waals surface area contributed by atoms with Crippen molar-refractivity contribution in [2.75, 3.05) is 26.0 Å². The Labute approximate surface area is 114 Å². The van der Waals surface area contributed by atoms with E-state index in [4.69, 9.17) is 10.5 Å². The molecule has 0 unspecified atom stereocenters. The zero-order chi connectivity index (χ0) is 12.8. The highest BCUT2D eigenvalue weighted by atomic mass is 32.2. The number of thioether (sulfide) groups is 1. The van der Waals surface area contributed by atoms with Crippen LogP contribution in [0.5, 0.6) is 0 Å². The average Bonchev–Trinajstić information content (AvgIpc) is 2.90. The minimum atomic E-state index is 0.236. The summed E-state index contributed by atoms with van der Waals surface area (Å²) in [6, 6.07) is 0.550. The Morgan fingerprint density at radius 2 is 2.06 bits per heavy atom. The minimum Gasteiger partial charge on any atom is -0.381 e. The summed E-state index contributed by atoms with van der Waals surface area (Å²) < 4.78 is 5.67. The van der Waals surface area contributed by atoms with Crippen LogP contribution in [0.25, 0.3) is 0 Å². The molecule has 1 heterocycles. The average molecular weight is 271 g/mol. The molecule has 0 aromatic rings. The van der Waals surface area contributed by atoms with Gasteiger partial charge in [0.2, 0.25) is 0 Å². The molecule has 2 fully saturated rings. The molecule has 2 rings (SSSR count). The molecule has 1 saturated carbocycles. The second kappa shape index (κ2) is 6.66. The van der Waals surface area contributed by atoms with Gasteiger partial charge in [-0.2, -0.15) is 11.8 Å². The first kappa shape index (κ1) is 14.0. The van der Waals surface area contributed by atoms with Crippen molar-refractivity contribution in [2.45, 2.75) is 49.3 Å². The molecule has 0 amide bonds. The van der Waals surface area contributed by atoms with Crippen molar-refractivity contribution in [3.05, 3.63) is 0 Å². The molecular formula is C13H25N3OS. The van der Waals surface area contributed by atoms with Crippen molar-refractivity contribution in [1.82, 2.24) is 5.32 Å². The number of hydrogen-bond acceptors (Lipinski definition) is 3. The molecule has 0 aromatic carbocycles.